The van der Waals surface area contributed by atoms with Crippen molar-refractivity contribution in [2.24, 2.45) is 0 Å². The van der Waals surface area contributed by atoms with E-state index in [1.165, 1.54) is 0 Å². The van der Waals surface area contributed by atoms with Gasteiger partial charge in [0.25, 0.3) is 0 Å². The number of hydrogen-bond donors (Lipinski definition) is 0. The van der Waals surface area contributed by atoms with Gasteiger partial charge in [-0.3, -0.25) is 0 Å². The second kappa shape index (κ2) is 5.41. The Morgan fingerprint density at radius 3 is 2.57 bits per heavy atom. The molecule has 0 amide bonds. The van der Waals surface area contributed by atoms with Crippen LogP contribution in [0.3, 0.4) is 0 Å². The molecule has 7 heavy (non-hydrogen) atoms. The van der Waals surface area contributed by atoms with Crippen molar-refractivity contribution in [1.82, 2.24) is 0 Å². The number of allylic oxidation sites excluding steroid dienone is 2. The molecule has 0 fully saturated rings. The number of unbranched alkanes of at least 4 members (excludes halogenated alkanes) is 1. The molecular weight excluding hydrogens is 88.1 g/mol. The Bertz CT molecular complexity index is 64.6. The van der Waals surface area contributed by atoms with Gasteiger partial charge in [-0.25, -0.2) is 0 Å². The summed E-state index contributed by atoms with van der Waals surface area (Å²) in [5, 5.41) is 0. The molecule has 40 valence electrons. The van der Waals surface area contributed by atoms with E-state index in [4.69, 9.17) is 0 Å². The van der Waals surface area contributed by atoms with Gasteiger partial charge in [-0.1, -0.05) is 12.2 Å². The minimum atomic E-state index is 0.657. The van der Waals surface area contributed by atoms with Crippen LogP contribution in [-0.2, 0) is 4.79 Å². The molecule has 0 N–H and O–H groups in total. The fourth-order valence-electron chi connectivity index (χ4n) is 0.331. The molecule has 0 unspecified atom stereocenters. The summed E-state index contributed by atoms with van der Waals surface area (Å²) in [5.74, 6) is 0. The van der Waals surface area contributed by atoms with Crippen molar-refractivity contribution in [1.29, 1.82) is 0 Å². The third-order valence-electron chi connectivity index (χ3n) is 0.687. The van der Waals surface area contributed by atoms with Gasteiger partial charge in [0, 0.05) is 6.42 Å². The Kier molecular flexibility index (Phi) is 4.95. The Hall–Kier alpha value is -0.590. The SMILES string of the molecule is CC=CCCC=O. The van der Waals surface area contributed by atoms with Gasteiger partial charge in [-0.2, -0.15) is 0 Å². The molecule has 0 heterocycles. The molecule has 1 nitrogen and oxygen atoms in total. The van der Waals surface area contributed by atoms with Gasteiger partial charge >= 0.3 is 0 Å². The smallest absolute Gasteiger partial charge is 0.120 e. The maximum absolute atomic E-state index is 9.65. The van der Waals surface area contributed by atoms with Crippen LogP contribution in [-0.4, -0.2) is 6.29 Å². The minimum Gasteiger partial charge on any atom is -0.303 e. The van der Waals surface area contributed by atoms with Gasteiger partial charge in [0.15, 0.2) is 0 Å². The van der Waals surface area contributed by atoms with E-state index in [9.17, 15) is 4.79 Å². The highest BCUT2D eigenvalue weighted by molar-refractivity contribution is 5.49. The summed E-state index contributed by atoms with van der Waals surface area (Å²) in [4.78, 5) is 9.65. The lowest BCUT2D eigenvalue weighted by Gasteiger charge is -1.76. The lowest BCUT2D eigenvalue weighted by molar-refractivity contribution is -0.107. The predicted molar refractivity (Wildman–Crippen MR) is 30.1 cm³/mol. The van der Waals surface area contributed by atoms with E-state index in [0.29, 0.717) is 6.42 Å². The fourth-order valence-corrected chi connectivity index (χ4v) is 0.331. The van der Waals surface area contributed by atoms with Crippen molar-refractivity contribution in [2.45, 2.75) is 19.8 Å². The number of carbonyl (C=O) groups is 1. The molecule has 0 aromatic rings. The summed E-state index contributed by atoms with van der Waals surface area (Å²) in [6.45, 7) is 1.95. The van der Waals surface area contributed by atoms with E-state index in [1.807, 2.05) is 19.1 Å². The quantitative estimate of drug-likeness (QED) is 0.297. The predicted octanol–water partition coefficient (Wildman–Crippen LogP) is 1.54. The zero-order valence-electron chi connectivity index (χ0n) is 4.55. The van der Waals surface area contributed by atoms with E-state index in [-0.39, 0.29) is 0 Å². The van der Waals surface area contributed by atoms with Crippen LogP contribution in [0.2, 0.25) is 0 Å². The van der Waals surface area contributed by atoms with Crippen LogP contribution in [0.1, 0.15) is 19.8 Å². The molecule has 1 heteroatoms. The van der Waals surface area contributed by atoms with Crippen LogP contribution in [0.5, 0.6) is 0 Å². The van der Waals surface area contributed by atoms with Crippen molar-refractivity contribution in [2.75, 3.05) is 0 Å². The topological polar surface area (TPSA) is 17.1 Å². The van der Waals surface area contributed by atoms with Crippen molar-refractivity contribution < 1.29 is 4.79 Å². The highest BCUT2D eigenvalue weighted by atomic mass is 16.1. The highest BCUT2D eigenvalue weighted by Crippen LogP contribution is 1.84. The van der Waals surface area contributed by atoms with E-state index < -0.39 is 0 Å². The van der Waals surface area contributed by atoms with Gasteiger partial charge in [0.05, 0.1) is 0 Å². The van der Waals surface area contributed by atoms with Gasteiger partial charge in [0.2, 0.25) is 0 Å². The number of carbonyl (C=O) groups excluding carboxylic acids is 1. The molecule has 0 saturated carbocycles. The average molecular weight is 98.1 g/mol. The molecule has 0 bridgehead atoms. The van der Waals surface area contributed by atoms with E-state index >= 15 is 0 Å². The molecule has 0 aromatic heterocycles. The standard InChI is InChI=1S/C6H10O/c1-2-3-4-5-6-7/h2-3,6H,4-5H2,1H3. The second-order valence-corrected chi connectivity index (χ2v) is 1.31. The maximum atomic E-state index is 9.65. The average Bonchev–Trinajstić information content (AvgIpc) is 1.69. The second-order valence-electron chi connectivity index (χ2n) is 1.31. The Morgan fingerprint density at radius 2 is 2.14 bits per heavy atom. The number of aldehydes is 1. The van der Waals surface area contributed by atoms with Crippen molar-refractivity contribution in [3.8, 4) is 0 Å². The lowest BCUT2D eigenvalue weighted by atomic mass is 10.3. The Labute approximate surface area is 44.0 Å². The summed E-state index contributed by atoms with van der Waals surface area (Å²) < 4.78 is 0. The third kappa shape index (κ3) is 5.41. The molecule has 0 saturated heterocycles. The monoisotopic (exact) mass is 98.1 g/mol. The first-order valence-electron chi connectivity index (χ1n) is 2.46. The van der Waals surface area contributed by atoms with E-state index in [0.717, 1.165) is 12.7 Å². The molecule has 0 rings (SSSR count). The van der Waals surface area contributed by atoms with Crippen LogP contribution in [0.25, 0.3) is 0 Å². The van der Waals surface area contributed by atoms with Crippen LogP contribution in [0.4, 0.5) is 0 Å². The molecule has 0 radical (unpaired) electrons. The normalized spacial score (nSPS) is 9.86. The minimum absolute atomic E-state index is 0.657. The Balaban J connectivity index is 2.82. The summed E-state index contributed by atoms with van der Waals surface area (Å²) in [6.07, 6.45) is 6.40. The van der Waals surface area contributed by atoms with Crippen molar-refractivity contribution in [3.05, 3.63) is 12.2 Å². The van der Waals surface area contributed by atoms with Gasteiger partial charge in [0.1, 0.15) is 6.29 Å². The van der Waals surface area contributed by atoms with Crippen LogP contribution in [0.15, 0.2) is 12.2 Å². The molecule has 0 aliphatic rings. The van der Waals surface area contributed by atoms with Gasteiger partial charge in [-0.05, 0) is 13.3 Å². The van der Waals surface area contributed by atoms with E-state index in [1.54, 1.807) is 0 Å². The molecular formula is C6H10O. The molecule has 0 aromatic carbocycles. The lowest BCUT2D eigenvalue weighted by Crippen LogP contribution is -1.68. The number of rotatable bonds is 3. The van der Waals surface area contributed by atoms with Gasteiger partial charge in [-0.15, -0.1) is 0 Å². The third-order valence-corrected chi connectivity index (χ3v) is 0.687. The molecule has 0 aliphatic carbocycles. The molecule has 0 aliphatic heterocycles. The first-order valence-corrected chi connectivity index (χ1v) is 2.46. The number of hydrogen-bond acceptors (Lipinski definition) is 1. The summed E-state index contributed by atoms with van der Waals surface area (Å²) in [7, 11) is 0. The van der Waals surface area contributed by atoms with E-state index in [2.05, 4.69) is 0 Å². The molecule has 0 atom stereocenters. The highest BCUT2D eigenvalue weighted by Gasteiger charge is 1.72. The Morgan fingerprint density at radius 1 is 1.43 bits per heavy atom. The van der Waals surface area contributed by atoms with Crippen molar-refractivity contribution >= 4 is 6.29 Å². The largest absolute Gasteiger partial charge is 0.303 e. The summed E-state index contributed by atoms with van der Waals surface area (Å²) in [6, 6.07) is 0. The van der Waals surface area contributed by atoms with Crippen LogP contribution < -0.4 is 0 Å². The van der Waals surface area contributed by atoms with Crippen LogP contribution in [0, 0.1) is 0 Å². The fraction of sp³-hybridized carbons (Fsp3) is 0.500. The molecule has 0 spiro atoms. The zero-order chi connectivity index (χ0) is 5.54. The first-order chi connectivity index (χ1) is 3.41. The van der Waals surface area contributed by atoms with Gasteiger partial charge < -0.3 is 4.79 Å². The summed E-state index contributed by atoms with van der Waals surface area (Å²) in [5.41, 5.74) is 0. The zero-order valence-corrected chi connectivity index (χ0v) is 4.55. The summed E-state index contributed by atoms with van der Waals surface area (Å²) >= 11 is 0. The maximum Gasteiger partial charge on any atom is 0.120 e. The van der Waals surface area contributed by atoms with Crippen LogP contribution >= 0.6 is 0 Å². The first kappa shape index (κ1) is 6.41. The van der Waals surface area contributed by atoms with Crippen molar-refractivity contribution in [3.63, 3.8) is 0 Å².